The molecule has 1 N–H and O–H groups in total. The summed E-state index contributed by atoms with van der Waals surface area (Å²) in [6, 6.07) is 14.0. The molecule has 0 radical (unpaired) electrons. The fourth-order valence-corrected chi connectivity index (χ4v) is 10.9. The van der Waals surface area contributed by atoms with E-state index in [0.29, 0.717) is 12.8 Å². The maximum atomic E-state index is 13.8. The summed E-state index contributed by atoms with van der Waals surface area (Å²) >= 11 is 0. The molecule has 0 heterocycles. The topological polar surface area (TPSA) is 55.4 Å². The first kappa shape index (κ1) is 24.5. The second-order valence-corrected chi connectivity index (χ2v) is 14.8. The third kappa shape index (κ3) is 4.76. The quantitative estimate of drug-likeness (QED) is 0.372. The fraction of sp³-hybridized carbons (Fsp3) is 0.481. The molecular formula is C27H38NO3P. The molecule has 0 aromatic heterocycles. The van der Waals surface area contributed by atoms with Crippen LogP contribution in [0.5, 0.6) is 0 Å². The standard InChI is InChI=1S/C27H38NO3P/c1-6-32(7-2,19-24(29)31-18-23-12-9-8-10-13-23)27(14-11-15-27)26(30)28-25-21(4)16-20(3)17-22(25)5/h8-10,12-13,16-17,32H,6-7,11,14-15,18-19H2,1-5H3,(H,28,30). The number of nitrogens with one attached hydrogen (secondary N) is 1. The van der Waals surface area contributed by atoms with Crippen molar-refractivity contribution in [3.63, 3.8) is 0 Å². The van der Waals surface area contributed by atoms with Gasteiger partial charge in [0.15, 0.2) is 0 Å². The molecule has 2 aromatic carbocycles. The van der Waals surface area contributed by atoms with E-state index in [1.54, 1.807) is 0 Å². The van der Waals surface area contributed by atoms with Crippen LogP contribution in [0.3, 0.4) is 0 Å². The van der Waals surface area contributed by atoms with Gasteiger partial charge in [-0.1, -0.05) is 0 Å². The van der Waals surface area contributed by atoms with Crippen molar-refractivity contribution in [2.75, 3.05) is 23.8 Å². The summed E-state index contributed by atoms with van der Waals surface area (Å²) in [5.74, 6) is -0.0454. The van der Waals surface area contributed by atoms with Crippen LogP contribution in [0.2, 0.25) is 0 Å². The minimum atomic E-state index is -2.26. The Morgan fingerprint density at radius 2 is 1.59 bits per heavy atom. The number of esters is 1. The average Bonchev–Trinajstić information content (AvgIpc) is 2.74. The molecule has 3 rings (SSSR count). The van der Waals surface area contributed by atoms with Gasteiger partial charge in [-0.05, 0) is 0 Å². The zero-order chi connectivity index (χ0) is 23.4. The number of anilines is 1. The van der Waals surface area contributed by atoms with E-state index in [9.17, 15) is 9.59 Å². The number of hydrogen-bond donors (Lipinski definition) is 1. The predicted octanol–water partition coefficient (Wildman–Crippen LogP) is 6.01. The summed E-state index contributed by atoms with van der Waals surface area (Å²) in [4.78, 5) is 26.7. The van der Waals surface area contributed by atoms with Crippen molar-refractivity contribution in [1.82, 2.24) is 0 Å². The molecule has 1 fully saturated rings. The molecule has 32 heavy (non-hydrogen) atoms. The van der Waals surface area contributed by atoms with Crippen LogP contribution in [-0.4, -0.2) is 35.5 Å². The van der Waals surface area contributed by atoms with Gasteiger partial charge >= 0.3 is 193 Å². The van der Waals surface area contributed by atoms with Crippen LogP contribution in [0, 0.1) is 20.8 Å². The van der Waals surface area contributed by atoms with Gasteiger partial charge < -0.3 is 0 Å². The van der Waals surface area contributed by atoms with Gasteiger partial charge in [-0.2, -0.15) is 0 Å². The number of benzene rings is 2. The summed E-state index contributed by atoms with van der Waals surface area (Å²) in [6.07, 6.45) is 5.02. The second kappa shape index (κ2) is 10.2. The van der Waals surface area contributed by atoms with Crippen molar-refractivity contribution < 1.29 is 14.3 Å². The van der Waals surface area contributed by atoms with E-state index in [0.717, 1.165) is 54.0 Å². The Morgan fingerprint density at radius 1 is 1.00 bits per heavy atom. The first-order valence-corrected chi connectivity index (χ1v) is 14.5. The molecular weight excluding hydrogens is 417 g/mol. The Labute approximate surface area is 193 Å². The monoisotopic (exact) mass is 455 g/mol. The van der Waals surface area contributed by atoms with Gasteiger partial charge in [-0.15, -0.1) is 0 Å². The van der Waals surface area contributed by atoms with Crippen molar-refractivity contribution in [2.45, 2.75) is 65.6 Å². The number of aryl methyl sites for hydroxylation is 3. The van der Waals surface area contributed by atoms with Crippen molar-refractivity contribution >= 4 is 24.8 Å². The van der Waals surface area contributed by atoms with Crippen LogP contribution in [0.4, 0.5) is 5.69 Å². The molecule has 4 nitrogen and oxygen atoms in total. The van der Waals surface area contributed by atoms with Gasteiger partial charge in [-0.3, -0.25) is 0 Å². The van der Waals surface area contributed by atoms with E-state index in [4.69, 9.17) is 4.74 Å². The third-order valence-electron chi connectivity index (χ3n) is 7.65. The van der Waals surface area contributed by atoms with Crippen molar-refractivity contribution in [2.24, 2.45) is 0 Å². The van der Waals surface area contributed by atoms with Gasteiger partial charge in [-0.25, -0.2) is 0 Å². The first-order valence-electron chi connectivity index (χ1n) is 11.9. The molecule has 1 aliphatic carbocycles. The van der Waals surface area contributed by atoms with Crippen LogP contribution in [0.25, 0.3) is 0 Å². The van der Waals surface area contributed by atoms with Crippen molar-refractivity contribution in [1.29, 1.82) is 0 Å². The molecule has 1 amide bonds. The molecule has 0 atom stereocenters. The second-order valence-electron chi connectivity index (χ2n) is 9.47. The van der Waals surface area contributed by atoms with Gasteiger partial charge in [0.25, 0.3) is 0 Å². The molecule has 174 valence electrons. The number of rotatable bonds is 9. The molecule has 0 spiro atoms. The number of carbonyl (C=O) groups excluding carboxylic acids is 2. The van der Waals surface area contributed by atoms with Crippen LogP contribution >= 0.6 is 7.26 Å². The Balaban J connectivity index is 1.80. The normalized spacial score (nSPS) is 15.5. The fourth-order valence-electron chi connectivity index (χ4n) is 5.55. The summed E-state index contributed by atoms with van der Waals surface area (Å²) < 4.78 is 5.66. The maximum absolute atomic E-state index is 13.8. The molecule has 0 bridgehead atoms. The molecule has 2 aromatic rings. The van der Waals surface area contributed by atoms with E-state index < -0.39 is 12.4 Å². The van der Waals surface area contributed by atoms with Gasteiger partial charge in [0.05, 0.1) is 0 Å². The van der Waals surface area contributed by atoms with E-state index in [1.807, 2.05) is 44.2 Å². The Kier molecular flexibility index (Phi) is 7.77. The van der Waals surface area contributed by atoms with Gasteiger partial charge in [0, 0.05) is 0 Å². The van der Waals surface area contributed by atoms with Crippen LogP contribution < -0.4 is 5.32 Å². The van der Waals surface area contributed by atoms with E-state index in [1.165, 1.54) is 5.56 Å². The van der Waals surface area contributed by atoms with E-state index >= 15 is 0 Å². The summed E-state index contributed by atoms with van der Waals surface area (Å²) in [7, 11) is -2.26. The van der Waals surface area contributed by atoms with Crippen LogP contribution in [0.15, 0.2) is 42.5 Å². The molecule has 0 unspecified atom stereocenters. The number of ether oxygens (including phenoxy) is 1. The number of carbonyl (C=O) groups is 2. The Hall–Kier alpha value is -2.19. The third-order valence-corrected chi connectivity index (χ3v) is 14.1. The number of hydrogen-bond acceptors (Lipinski definition) is 3. The molecule has 0 aliphatic heterocycles. The zero-order valence-electron chi connectivity index (χ0n) is 20.2. The molecule has 0 saturated heterocycles. The Bertz CT molecular complexity index is 939. The molecule has 5 heteroatoms. The average molecular weight is 456 g/mol. The van der Waals surface area contributed by atoms with Crippen molar-refractivity contribution in [3.8, 4) is 0 Å². The summed E-state index contributed by atoms with van der Waals surface area (Å²) in [5.41, 5.74) is 5.29. The van der Waals surface area contributed by atoms with Gasteiger partial charge in [0.1, 0.15) is 0 Å². The van der Waals surface area contributed by atoms with Gasteiger partial charge in [0.2, 0.25) is 0 Å². The van der Waals surface area contributed by atoms with Crippen LogP contribution in [0.1, 0.15) is 55.4 Å². The van der Waals surface area contributed by atoms with Crippen LogP contribution in [-0.2, 0) is 20.9 Å². The predicted molar refractivity (Wildman–Crippen MR) is 136 cm³/mol. The molecule has 1 aliphatic rings. The summed E-state index contributed by atoms with van der Waals surface area (Å²) in [6.45, 7) is 10.8. The summed E-state index contributed by atoms with van der Waals surface area (Å²) in [5, 5.41) is 2.90. The molecule has 1 saturated carbocycles. The van der Waals surface area contributed by atoms with E-state index in [2.05, 4.69) is 38.2 Å². The first-order chi connectivity index (χ1) is 15.3. The van der Waals surface area contributed by atoms with E-state index in [-0.39, 0.29) is 11.9 Å². The van der Waals surface area contributed by atoms with Crippen molar-refractivity contribution in [3.05, 3.63) is 64.7 Å². The minimum absolute atomic E-state index is 0.116. The SMILES string of the molecule is CC[PH](CC)(CC(=O)OCc1ccccc1)C1(C(=O)Nc2c(C)cc(C)cc2C)CCC1. The number of amides is 1. The zero-order valence-corrected chi connectivity index (χ0v) is 21.2. The Morgan fingerprint density at radius 3 is 2.09 bits per heavy atom.